The Morgan fingerprint density at radius 2 is 2.06 bits per heavy atom. The third-order valence-electron chi connectivity index (χ3n) is 2.13. The molecule has 0 atom stereocenters. The first kappa shape index (κ1) is 13.5. The van der Waals surface area contributed by atoms with Crippen LogP contribution in [-0.4, -0.2) is 27.5 Å². The number of hydrogen-bond donors (Lipinski definition) is 1. The van der Waals surface area contributed by atoms with Gasteiger partial charge in [0.15, 0.2) is 5.78 Å². The number of carbonyl (C=O) groups excluding carboxylic acids is 1. The van der Waals surface area contributed by atoms with Gasteiger partial charge in [0.05, 0.1) is 6.26 Å². The number of ketones is 1. The second kappa shape index (κ2) is 5.18. The Labute approximate surface area is 101 Å². The van der Waals surface area contributed by atoms with Crippen molar-refractivity contribution in [3.05, 3.63) is 23.8 Å². The molecule has 5 nitrogen and oxygen atoms in total. The molecule has 17 heavy (non-hydrogen) atoms. The summed E-state index contributed by atoms with van der Waals surface area (Å²) in [6.45, 7) is 1.77. The van der Waals surface area contributed by atoms with Gasteiger partial charge < -0.3 is 9.50 Å². The maximum absolute atomic E-state index is 11.6. The number of rotatable bonds is 5. The molecule has 0 aliphatic heterocycles. The van der Waals surface area contributed by atoms with Crippen LogP contribution in [0, 0.1) is 0 Å². The summed E-state index contributed by atoms with van der Waals surface area (Å²) in [5.74, 6) is 0.171. The van der Waals surface area contributed by atoms with Crippen LogP contribution in [0.1, 0.15) is 23.7 Å². The standard InChI is InChI=1S/C11H15NO4S/c1-4-11(13)9-6-5-8(7-10(9)12-2)16-17(3,14)15/h5-7,12H,4H2,1-3H3. The van der Waals surface area contributed by atoms with Crippen LogP contribution >= 0.6 is 0 Å². The lowest BCUT2D eigenvalue weighted by Crippen LogP contribution is -2.07. The van der Waals surface area contributed by atoms with Crippen LogP contribution in [-0.2, 0) is 10.1 Å². The Kier molecular flexibility index (Phi) is 4.11. The van der Waals surface area contributed by atoms with E-state index in [9.17, 15) is 13.2 Å². The fourth-order valence-corrected chi connectivity index (χ4v) is 1.84. The predicted molar refractivity (Wildman–Crippen MR) is 66.1 cm³/mol. The highest BCUT2D eigenvalue weighted by Gasteiger charge is 2.12. The van der Waals surface area contributed by atoms with Crippen molar-refractivity contribution in [2.24, 2.45) is 0 Å². The van der Waals surface area contributed by atoms with Crippen LogP contribution in [0.2, 0.25) is 0 Å². The maximum atomic E-state index is 11.6. The molecule has 0 bridgehead atoms. The summed E-state index contributed by atoms with van der Waals surface area (Å²) in [4.78, 5) is 11.6. The summed E-state index contributed by atoms with van der Waals surface area (Å²) in [6.07, 6.45) is 1.36. The van der Waals surface area contributed by atoms with E-state index in [-0.39, 0.29) is 11.5 Å². The molecule has 0 heterocycles. The molecule has 0 saturated heterocycles. The van der Waals surface area contributed by atoms with Crippen LogP contribution < -0.4 is 9.50 Å². The van der Waals surface area contributed by atoms with Gasteiger partial charge in [0.1, 0.15) is 5.75 Å². The van der Waals surface area contributed by atoms with Gasteiger partial charge in [-0.25, -0.2) is 0 Å². The molecule has 0 amide bonds. The minimum atomic E-state index is -3.55. The number of anilines is 1. The Balaban J connectivity index is 3.13. The molecular formula is C11H15NO4S. The van der Waals surface area contributed by atoms with E-state index in [0.29, 0.717) is 17.7 Å². The molecule has 1 N–H and O–H groups in total. The zero-order valence-electron chi connectivity index (χ0n) is 9.98. The van der Waals surface area contributed by atoms with Gasteiger partial charge in [0.2, 0.25) is 0 Å². The Morgan fingerprint density at radius 1 is 1.41 bits per heavy atom. The summed E-state index contributed by atoms with van der Waals surface area (Å²) in [5, 5.41) is 2.84. The number of carbonyl (C=O) groups is 1. The lowest BCUT2D eigenvalue weighted by Gasteiger charge is -2.10. The Bertz CT molecular complexity index is 522. The average Bonchev–Trinajstić information content (AvgIpc) is 2.25. The topological polar surface area (TPSA) is 72.5 Å². The number of hydrogen-bond acceptors (Lipinski definition) is 5. The minimum Gasteiger partial charge on any atom is -0.387 e. The fraction of sp³-hybridized carbons (Fsp3) is 0.364. The number of nitrogens with one attached hydrogen (secondary N) is 1. The van der Waals surface area contributed by atoms with Crippen molar-refractivity contribution in [2.75, 3.05) is 18.6 Å². The van der Waals surface area contributed by atoms with E-state index >= 15 is 0 Å². The Morgan fingerprint density at radius 3 is 2.53 bits per heavy atom. The molecule has 94 valence electrons. The summed E-state index contributed by atoms with van der Waals surface area (Å²) in [6, 6.07) is 4.51. The van der Waals surface area contributed by atoms with Crippen LogP contribution in [0.4, 0.5) is 5.69 Å². The summed E-state index contributed by atoms with van der Waals surface area (Å²) >= 11 is 0. The van der Waals surface area contributed by atoms with Gasteiger partial charge in [0, 0.05) is 30.8 Å². The van der Waals surface area contributed by atoms with E-state index in [0.717, 1.165) is 6.26 Å². The smallest absolute Gasteiger partial charge is 0.306 e. The third kappa shape index (κ3) is 3.74. The van der Waals surface area contributed by atoms with E-state index in [4.69, 9.17) is 4.18 Å². The van der Waals surface area contributed by atoms with E-state index in [1.165, 1.54) is 12.1 Å². The molecule has 0 fully saturated rings. The SMILES string of the molecule is CCC(=O)c1ccc(OS(C)(=O)=O)cc1NC. The third-order valence-corrected chi connectivity index (χ3v) is 2.62. The van der Waals surface area contributed by atoms with Gasteiger partial charge in [-0.1, -0.05) is 6.92 Å². The highest BCUT2D eigenvalue weighted by molar-refractivity contribution is 7.86. The van der Waals surface area contributed by atoms with Crippen molar-refractivity contribution in [3.63, 3.8) is 0 Å². The first-order chi connectivity index (χ1) is 7.87. The maximum Gasteiger partial charge on any atom is 0.306 e. The van der Waals surface area contributed by atoms with Gasteiger partial charge in [-0.15, -0.1) is 0 Å². The van der Waals surface area contributed by atoms with Gasteiger partial charge in [-0.3, -0.25) is 4.79 Å². The summed E-state index contributed by atoms with van der Waals surface area (Å²) in [5.41, 5.74) is 1.08. The van der Waals surface area contributed by atoms with Crippen molar-refractivity contribution in [2.45, 2.75) is 13.3 Å². The van der Waals surface area contributed by atoms with E-state index in [2.05, 4.69) is 5.32 Å². The molecule has 1 rings (SSSR count). The molecule has 0 aliphatic carbocycles. The first-order valence-corrected chi connectivity index (χ1v) is 6.93. The average molecular weight is 257 g/mol. The van der Waals surface area contributed by atoms with Gasteiger partial charge >= 0.3 is 10.1 Å². The molecule has 1 aromatic rings. The highest BCUT2D eigenvalue weighted by Crippen LogP contribution is 2.24. The summed E-state index contributed by atoms with van der Waals surface area (Å²) < 4.78 is 26.7. The monoisotopic (exact) mass is 257 g/mol. The lowest BCUT2D eigenvalue weighted by atomic mass is 10.1. The zero-order valence-corrected chi connectivity index (χ0v) is 10.8. The molecule has 0 unspecified atom stereocenters. The second-order valence-corrected chi connectivity index (χ2v) is 5.10. The van der Waals surface area contributed by atoms with Crippen molar-refractivity contribution < 1.29 is 17.4 Å². The van der Waals surface area contributed by atoms with Gasteiger partial charge in [-0.2, -0.15) is 8.42 Å². The molecule has 0 aromatic heterocycles. The van der Waals surface area contributed by atoms with Crippen LogP contribution in [0.15, 0.2) is 18.2 Å². The lowest BCUT2D eigenvalue weighted by molar-refractivity contribution is 0.0989. The van der Waals surface area contributed by atoms with E-state index < -0.39 is 10.1 Å². The number of benzene rings is 1. The van der Waals surface area contributed by atoms with Crippen LogP contribution in [0.3, 0.4) is 0 Å². The molecule has 0 aliphatic rings. The largest absolute Gasteiger partial charge is 0.387 e. The summed E-state index contributed by atoms with van der Waals surface area (Å²) in [7, 11) is -1.89. The van der Waals surface area contributed by atoms with Crippen molar-refractivity contribution in [3.8, 4) is 5.75 Å². The first-order valence-electron chi connectivity index (χ1n) is 5.12. The molecule has 0 radical (unpaired) electrons. The second-order valence-electron chi connectivity index (χ2n) is 3.52. The zero-order chi connectivity index (χ0) is 13.1. The molecule has 6 heteroatoms. The van der Waals surface area contributed by atoms with Crippen LogP contribution in [0.25, 0.3) is 0 Å². The van der Waals surface area contributed by atoms with Gasteiger partial charge in [-0.05, 0) is 12.1 Å². The predicted octanol–water partition coefficient (Wildman–Crippen LogP) is 1.66. The van der Waals surface area contributed by atoms with E-state index in [1.54, 1.807) is 20.0 Å². The quantitative estimate of drug-likeness (QED) is 0.641. The molecular weight excluding hydrogens is 242 g/mol. The van der Waals surface area contributed by atoms with Crippen LogP contribution in [0.5, 0.6) is 5.75 Å². The fourth-order valence-electron chi connectivity index (χ4n) is 1.39. The minimum absolute atomic E-state index is 0.0137. The Hall–Kier alpha value is -1.56. The number of Topliss-reactive ketones (excluding diaryl/α,β-unsaturated/α-hetero) is 1. The van der Waals surface area contributed by atoms with Crippen molar-refractivity contribution in [1.82, 2.24) is 0 Å². The highest BCUT2D eigenvalue weighted by atomic mass is 32.2. The van der Waals surface area contributed by atoms with Crippen molar-refractivity contribution in [1.29, 1.82) is 0 Å². The van der Waals surface area contributed by atoms with Gasteiger partial charge in [0.25, 0.3) is 0 Å². The normalized spacial score (nSPS) is 11.0. The molecule has 0 saturated carbocycles. The molecule has 0 spiro atoms. The van der Waals surface area contributed by atoms with Crippen molar-refractivity contribution >= 4 is 21.6 Å². The molecule has 1 aromatic carbocycles. The van der Waals surface area contributed by atoms with E-state index in [1.807, 2.05) is 0 Å².